The molecule has 6 nitrogen and oxygen atoms in total. The van der Waals surface area contributed by atoms with Gasteiger partial charge in [-0.05, 0) is 84.5 Å². The number of nitrogens with one attached hydrogen (secondary N) is 1. The molecule has 1 amide bonds. The quantitative estimate of drug-likeness (QED) is 0.195. The number of amides is 1. The third-order valence-electron chi connectivity index (χ3n) is 6.84. The van der Waals surface area contributed by atoms with Crippen LogP contribution >= 0.6 is 11.6 Å². The summed E-state index contributed by atoms with van der Waals surface area (Å²) in [4.78, 5) is 13.4. The van der Waals surface area contributed by atoms with Gasteiger partial charge in [0.2, 0.25) is 0 Å². The normalized spacial score (nSPS) is 12.1. The molecule has 0 unspecified atom stereocenters. The summed E-state index contributed by atoms with van der Waals surface area (Å²) in [5, 5.41) is 3.61. The minimum Gasteiger partial charge on any atom is -0.497 e. The molecule has 0 saturated heterocycles. The zero-order valence-electron chi connectivity index (χ0n) is 23.7. The second-order valence-corrected chi connectivity index (χ2v) is 12.7. The SMILES string of the molecule is COc1ccc([C@@H](CC(C)C)NC(=O)c2ccc(CN(c3cc(Cl)ccc3C)S(=O)(=O)c3ccccc3)cc2)cc1. The Morgan fingerprint density at radius 3 is 2.20 bits per heavy atom. The summed E-state index contributed by atoms with van der Waals surface area (Å²) in [6.07, 6.45) is 0.779. The summed E-state index contributed by atoms with van der Waals surface area (Å²) < 4.78 is 34.2. The van der Waals surface area contributed by atoms with E-state index in [-0.39, 0.29) is 23.4 Å². The maximum Gasteiger partial charge on any atom is 0.264 e. The van der Waals surface area contributed by atoms with Gasteiger partial charge in [-0.15, -0.1) is 0 Å². The number of carbonyl (C=O) groups is 1. The van der Waals surface area contributed by atoms with Crippen molar-refractivity contribution in [3.63, 3.8) is 0 Å². The smallest absolute Gasteiger partial charge is 0.264 e. The number of rotatable bonds is 11. The van der Waals surface area contributed by atoms with Crippen LogP contribution in [0.15, 0.2) is 102 Å². The van der Waals surface area contributed by atoms with E-state index in [1.165, 1.54) is 4.31 Å². The second-order valence-electron chi connectivity index (χ2n) is 10.4. The molecule has 214 valence electrons. The third kappa shape index (κ3) is 7.48. The number of hydrogen-bond acceptors (Lipinski definition) is 4. The summed E-state index contributed by atoms with van der Waals surface area (Å²) in [5.74, 6) is 0.935. The van der Waals surface area contributed by atoms with E-state index in [0.29, 0.717) is 22.2 Å². The summed E-state index contributed by atoms with van der Waals surface area (Å²) in [6, 6.07) is 28.1. The predicted octanol–water partition coefficient (Wildman–Crippen LogP) is 7.57. The molecule has 8 heteroatoms. The van der Waals surface area contributed by atoms with Crippen LogP contribution in [0.3, 0.4) is 0 Å². The Labute approximate surface area is 248 Å². The highest BCUT2D eigenvalue weighted by Crippen LogP contribution is 2.31. The van der Waals surface area contributed by atoms with Crippen LogP contribution in [0.5, 0.6) is 5.75 Å². The number of sulfonamides is 1. The van der Waals surface area contributed by atoms with E-state index in [1.807, 2.05) is 31.2 Å². The van der Waals surface area contributed by atoms with Gasteiger partial charge in [-0.25, -0.2) is 8.42 Å². The molecule has 41 heavy (non-hydrogen) atoms. The fourth-order valence-electron chi connectivity index (χ4n) is 4.63. The molecule has 0 aliphatic rings. The third-order valence-corrected chi connectivity index (χ3v) is 8.85. The molecule has 0 bridgehead atoms. The van der Waals surface area contributed by atoms with Gasteiger partial charge in [0.05, 0.1) is 30.3 Å². The average molecular weight is 591 g/mol. The zero-order chi connectivity index (χ0) is 29.6. The molecule has 0 saturated carbocycles. The van der Waals surface area contributed by atoms with Gasteiger partial charge >= 0.3 is 0 Å². The number of ether oxygens (including phenoxy) is 1. The molecule has 0 aliphatic carbocycles. The summed E-state index contributed by atoms with van der Waals surface area (Å²) in [6.45, 7) is 6.16. The predicted molar refractivity (Wildman–Crippen MR) is 165 cm³/mol. The molecule has 1 atom stereocenters. The van der Waals surface area contributed by atoms with Crippen molar-refractivity contribution < 1.29 is 17.9 Å². The van der Waals surface area contributed by atoms with E-state index in [0.717, 1.165) is 28.9 Å². The molecule has 0 radical (unpaired) electrons. The maximum absolute atomic E-state index is 13.8. The van der Waals surface area contributed by atoms with E-state index in [9.17, 15) is 13.2 Å². The van der Waals surface area contributed by atoms with E-state index in [2.05, 4.69) is 19.2 Å². The number of benzene rings is 4. The Bertz CT molecular complexity index is 1570. The van der Waals surface area contributed by atoms with Crippen molar-refractivity contribution >= 4 is 33.2 Å². The van der Waals surface area contributed by atoms with Crippen LogP contribution in [0.25, 0.3) is 0 Å². The minimum atomic E-state index is -3.89. The number of methoxy groups -OCH3 is 1. The Hall–Kier alpha value is -3.81. The Balaban J connectivity index is 1.59. The summed E-state index contributed by atoms with van der Waals surface area (Å²) in [7, 11) is -2.27. The van der Waals surface area contributed by atoms with Crippen LogP contribution in [0.2, 0.25) is 5.02 Å². The van der Waals surface area contributed by atoms with Crippen LogP contribution in [-0.4, -0.2) is 21.4 Å². The number of nitrogens with zero attached hydrogens (tertiary/aromatic N) is 1. The van der Waals surface area contributed by atoms with Gasteiger partial charge in [-0.3, -0.25) is 9.10 Å². The molecule has 1 N–H and O–H groups in total. The molecule has 0 fully saturated rings. The fourth-order valence-corrected chi connectivity index (χ4v) is 6.32. The number of anilines is 1. The maximum atomic E-state index is 13.8. The highest BCUT2D eigenvalue weighted by Gasteiger charge is 2.27. The van der Waals surface area contributed by atoms with Gasteiger partial charge in [0.1, 0.15) is 5.75 Å². The van der Waals surface area contributed by atoms with Crippen molar-refractivity contribution in [1.82, 2.24) is 5.32 Å². The highest BCUT2D eigenvalue weighted by atomic mass is 35.5. The van der Waals surface area contributed by atoms with Crippen LogP contribution in [0, 0.1) is 12.8 Å². The van der Waals surface area contributed by atoms with Crippen LogP contribution in [-0.2, 0) is 16.6 Å². The van der Waals surface area contributed by atoms with Gasteiger partial charge in [0.15, 0.2) is 0 Å². The van der Waals surface area contributed by atoms with E-state index in [1.54, 1.807) is 79.9 Å². The Morgan fingerprint density at radius 1 is 0.927 bits per heavy atom. The lowest BCUT2D eigenvalue weighted by molar-refractivity contribution is 0.0932. The first-order chi connectivity index (χ1) is 19.6. The molecule has 0 aromatic heterocycles. The molecule has 4 aromatic rings. The second kappa shape index (κ2) is 13.2. The van der Waals surface area contributed by atoms with E-state index < -0.39 is 10.0 Å². The van der Waals surface area contributed by atoms with Gasteiger partial charge in [0, 0.05) is 10.6 Å². The van der Waals surface area contributed by atoms with Crippen LogP contribution in [0.1, 0.15) is 53.4 Å². The first-order valence-electron chi connectivity index (χ1n) is 13.5. The van der Waals surface area contributed by atoms with Crippen molar-refractivity contribution in [2.75, 3.05) is 11.4 Å². The van der Waals surface area contributed by atoms with Crippen molar-refractivity contribution in [2.45, 2.75) is 44.7 Å². The lowest BCUT2D eigenvalue weighted by atomic mass is 9.96. The molecular formula is C33H35ClN2O4S. The fraction of sp³-hybridized carbons (Fsp3) is 0.242. The number of aryl methyl sites for hydroxylation is 1. The topological polar surface area (TPSA) is 75.7 Å². The molecular weight excluding hydrogens is 556 g/mol. The standard InChI is InChI=1S/C33H35ClN2O4S/c1-23(2)20-31(26-15-18-29(40-4)19-16-26)35-33(37)27-13-11-25(12-14-27)22-36(32-21-28(34)17-10-24(32)3)41(38,39)30-8-6-5-7-9-30/h5-19,21,23,31H,20,22H2,1-4H3,(H,35,37)/t31-/m1/s1. The highest BCUT2D eigenvalue weighted by molar-refractivity contribution is 7.92. The number of halogens is 1. The number of carbonyl (C=O) groups excluding carboxylic acids is 1. The van der Waals surface area contributed by atoms with Crippen LogP contribution < -0.4 is 14.4 Å². The number of hydrogen-bond donors (Lipinski definition) is 1. The molecule has 4 aromatic carbocycles. The van der Waals surface area contributed by atoms with Gasteiger partial charge < -0.3 is 10.1 Å². The average Bonchev–Trinajstić information content (AvgIpc) is 2.97. The van der Waals surface area contributed by atoms with Crippen molar-refractivity contribution in [2.24, 2.45) is 5.92 Å². The van der Waals surface area contributed by atoms with Gasteiger partial charge in [-0.1, -0.05) is 74.0 Å². The molecule has 0 spiro atoms. The van der Waals surface area contributed by atoms with Crippen molar-refractivity contribution in [1.29, 1.82) is 0 Å². The largest absolute Gasteiger partial charge is 0.497 e. The zero-order valence-corrected chi connectivity index (χ0v) is 25.2. The first kappa shape index (κ1) is 30.2. The molecule has 0 aliphatic heterocycles. The molecule has 0 heterocycles. The van der Waals surface area contributed by atoms with Crippen LogP contribution in [0.4, 0.5) is 5.69 Å². The monoisotopic (exact) mass is 590 g/mol. The summed E-state index contributed by atoms with van der Waals surface area (Å²) in [5.41, 5.74) is 3.50. The lowest BCUT2D eigenvalue weighted by Crippen LogP contribution is -2.31. The Kier molecular flexibility index (Phi) is 9.73. The lowest BCUT2D eigenvalue weighted by Gasteiger charge is -2.26. The van der Waals surface area contributed by atoms with E-state index >= 15 is 0 Å². The van der Waals surface area contributed by atoms with Crippen molar-refractivity contribution in [3.8, 4) is 5.75 Å². The van der Waals surface area contributed by atoms with Gasteiger partial charge in [-0.2, -0.15) is 0 Å². The Morgan fingerprint density at radius 2 is 1.59 bits per heavy atom. The van der Waals surface area contributed by atoms with Gasteiger partial charge in [0.25, 0.3) is 15.9 Å². The molecule has 4 rings (SSSR count). The van der Waals surface area contributed by atoms with E-state index in [4.69, 9.17) is 16.3 Å². The minimum absolute atomic E-state index is 0.0716. The van der Waals surface area contributed by atoms with Crippen molar-refractivity contribution in [3.05, 3.63) is 124 Å². The summed E-state index contributed by atoms with van der Waals surface area (Å²) >= 11 is 6.28. The first-order valence-corrected chi connectivity index (χ1v) is 15.3.